The molecule has 0 saturated heterocycles. The molecule has 0 radical (unpaired) electrons. The Labute approximate surface area is 289 Å². The Morgan fingerprint density at radius 2 is 1.12 bits per heavy atom. The van der Waals surface area contributed by atoms with Crippen LogP contribution >= 0.6 is 0 Å². The quantitative estimate of drug-likeness (QED) is 0.133. The maximum atomic E-state index is 6.65. The molecule has 8 aromatic carbocycles. The van der Waals surface area contributed by atoms with Crippen LogP contribution in [0.2, 0.25) is 0 Å². The number of nitrogens with zero attached hydrogens (tertiary/aromatic N) is 2. The molecule has 3 nitrogen and oxygen atoms in total. The number of oxazole rings is 1. The summed E-state index contributed by atoms with van der Waals surface area (Å²) >= 11 is 0.267. The zero-order chi connectivity index (χ0) is 32.3. The van der Waals surface area contributed by atoms with E-state index in [9.17, 15) is 0 Å². The van der Waals surface area contributed by atoms with Crippen molar-refractivity contribution >= 4 is 83.5 Å². The fraction of sp³-hybridized carbons (Fsp3) is 0. The number of benzene rings is 8. The number of fused-ring (bicyclic) bond motifs is 8. The number of aromatic nitrogens is 1. The van der Waals surface area contributed by atoms with Crippen molar-refractivity contribution in [1.29, 1.82) is 0 Å². The van der Waals surface area contributed by atoms with Gasteiger partial charge in [-0.1, -0.05) is 24.3 Å². The van der Waals surface area contributed by atoms with E-state index < -0.39 is 0 Å². The van der Waals surface area contributed by atoms with Gasteiger partial charge in [0.2, 0.25) is 0 Å². The van der Waals surface area contributed by atoms with Crippen molar-refractivity contribution in [3.05, 3.63) is 170 Å². The first kappa shape index (κ1) is 28.1. The maximum Gasteiger partial charge on any atom is -0.0495 e. The fourth-order valence-corrected chi connectivity index (χ4v) is 9.58. The summed E-state index contributed by atoms with van der Waals surface area (Å²) in [5, 5.41) is 7.22. The van der Waals surface area contributed by atoms with E-state index in [4.69, 9.17) is 9.40 Å². The van der Waals surface area contributed by atoms with Crippen LogP contribution in [0.15, 0.2) is 174 Å². The molecule has 0 unspecified atom stereocenters. The van der Waals surface area contributed by atoms with E-state index in [1.54, 1.807) is 0 Å². The van der Waals surface area contributed by atoms with Gasteiger partial charge >= 0.3 is 254 Å². The van der Waals surface area contributed by atoms with Gasteiger partial charge in [0.15, 0.2) is 0 Å². The van der Waals surface area contributed by atoms with E-state index in [1.165, 1.54) is 35.8 Å². The van der Waals surface area contributed by atoms with Crippen molar-refractivity contribution in [2.45, 2.75) is 0 Å². The average Bonchev–Trinajstić information content (AvgIpc) is 3.77. The molecule has 10 rings (SSSR count). The van der Waals surface area contributed by atoms with Crippen molar-refractivity contribution in [2.24, 2.45) is 0 Å². The summed E-state index contributed by atoms with van der Waals surface area (Å²) in [5.41, 5.74) is 8.36. The minimum atomic E-state index is 0.267. The van der Waals surface area contributed by atoms with Crippen molar-refractivity contribution in [2.75, 3.05) is 4.90 Å². The van der Waals surface area contributed by atoms with Crippen molar-refractivity contribution in [1.82, 2.24) is 4.98 Å². The van der Waals surface area contributed by atoms with Gasteiger partial charge in [0.1, 0.15) is 0 Å². The van der Waals surface area contributed by atoms with Gasteiger partial charge in [0, 0.05) is 0 Å². The fourth-order valence-electron chi connectivity index (χ4n) is 7.19. The Morgan fingerprint density at radius 3 is 1.92 bits per heavy atom. The molecule has 230 valence electrons. The molecule has 0 aliphatic carbocycles. The Hall–Kier alpha value is -5.93. The number of hydrogen-bond acceptors (Lipinski definition) is 3. The third-order valence-corrected chi connectivity index (χ3v) is 11.8. The number of rotatable bonds is 5. The second kappa shape index (κ2) is 11.3. The van der Waals surface area contributed by atoms with Gasteiger partial charge in [0.25, 0.3) is 0 Å². The second-order valence-corrected chi connectivity index (χ2v) is 14.6. The Kier molecular flexibility index (Phi) is 6.51. The molecule has 49 heavy (non-hydrogen) atoms. The predicted octanol–water partition coefficient (Wildman–Crippen LogP) is 12.3. The van der Waals surface area contributed by atoms with Crippen molar-refractivity contribution in [3.63, 3.8) is 0 Å². The number of anilines is 3. The van der Waals surface area contributed by atoms with E-state index in [1.807, 2.05) is 30.3 Å². The molecule has 0 spiro atoms. The molecule has 10 aromatic rings. The topological polar surface area (TPSA) is 29.3 Å². The molecule has 0 aliphatic heterocycles. The van der Waals surface area contributed by atoms with E-state index in [0.29, 0.717) is 5.89 Å². The van der Waals surface area contributed by atoms with Crippen LogP contribution in [0, 0.1) is 0 Å². The van der Waals surface area contributed by atoms with Gasteiger partial charge in [-0.2, -0.15) is 0 Å². The summed E-state index contributed by atoms with van der Waals surface area (Å²) in [4.78, 5) is 7.33. The standard InChI is InChI=1S/C45H28N2OSe/c1-4-12-29(13-5-1)38-26-31-20-25-40-44(48-45(46-40)30-14-6-2-7-15-30)43(31)39-27-33(21-23-35(38)39)47(32-16-8-3-9-17-32)34-22-24-37-36-18-10-11-19-41(36)49-42(37)28-34/h1-28H. The molecule has 2 aromatic heterocycles. The summed E-state index contributed by atoms with van der Waals surface area (Å²) in [6, 6.07) is 60.7. The molecule has 0 N–H and O–H groups in total. The Balaban J connectivity index is 1.25. The molecule has 0 bridgehead atoms. The van der Waals surface area contributed by atoms with Crippen LogP contribution in [-0.4, -0.2) is 19.5 Å². The van der Waals surface area contributed by atoms with Crippen LogP contribution in [0.25, 0.3) is 74.5 Å². The molecule has 0 saturated carbocycles. The molecule has 2 heterocycles. The van der Waals surface area contributed by atoms with Gasteiger partial charge in [0.05, 0.1) is 0 Å². The zero-order valence-corrected chi connectivity index (χ0v) is 28.1. The third-order valence-electron chi connectivity index (χ3n) is 9.45. The van der Waals surface area contributed by atoms with Gasteiger partial charge < -0.3 is 0 Å². The smallest absolute Gasteiger partial charge is 0.0495 e. The molecule has 4 heteroatoms. The summed E-state index contributed by atoms with van der Waals surface area (Å²) < 4.78 is 9.52. The Morgan fingerprint density at radius 1 is 0.469 bits per heavy atom. The largest absolute Gasteiger partial charge is 0.0615 e. The minimum absolute atomic E-state index is 0.267. The van der Waals surface area contributed by atoms with E-state index in [-0.39, 0.29) is 14.5 Å². The molecule has 0 amide bonds. The maximum absolute atomic E-state index is 6.65. The van der Waals surface area contributed by atoms with Crippen LogP contribution in [0.5, 0.6) is 0 Å². The average molecular weight is 692 g/mol. The molecular formula is C45H28N2OSe. The third kappa shape index (κ3) is 4.69. The monoisotopic (exact) mass is 692 g/mol. The van der Waals surface area contributed by atoms with E-state index in [2.05, 4.69) is 144 Å². The van der Waals surface area contributed by atoms with Crippen LogP contribution < -0.4 is 4.90 Å². The summed E-state index contributed by atoms with van der Waals surface area (Å²) in [5.74, 6) is 0.631. The molecule has 0 fully saturated rings. The first-order valence-corrected chi connectivity index (χ1v) is 18.2. The SMILES string of the molecule is c1ccc(-c2nc3ccc4cc(-c5ccccc5)c5ccc(N(c6ccccc6)c6ccc7c(c6)[se]c6ccccc67)cc5c4c3o2)cc1. The van der Waals surface area contributed by atoms with Crippen LogP contribution in [0.3, 0.4) is 0 Å². The second-order valence-electron chi connectivity index (χ2n) is 12.4. The van der Waals surface area contributed by atoms with Gasteiger partial charge in [-0.15, -0.1) is 0 Å². The molecule has 0 atom stereocenters. The first-order chi connectivity index (χ1) is 24.3. The Bertz CT molecular complexity index is 2820. The van der Waals surface area contributed by atoms with Gasteiger partial charge in [-0.3, -0.25) is 0 Å². The first-order valence-electron chi connectivity index (χ1n) is 16.5. The number of para-hydroxylation sites is 1. The zero-order valence-electron chi connectivity index (χ0n) is 26.4. The predicted molar refractivity (Wildman–Crippen MR) is 207 cm³/mol. The molecular weight excluding hydrogens is 663 g/mol. The number of hydrogen-bond donors (Lipinski definition) is 0. The van der Waals surface area contributed by atoms with Crippen molar-refractivity contribution < 1.29 is 4.42 Å². The summed E-state index contributed by atoms with van der Waals surface area (Å²) in [6.07, 6.45) is 0. The normalized spacial score (nSPS) is 11.7. The summed E-state index contributed by atoms with van der Waals surface area (Å²) in [6.45, 7) is 0. The van der Waals surface area contributed by atoms with Crippen LogP contribution in [0.1, 0.15) is 0 Å². The van der Waals surface area contributed by atoms with E-state index >= 15 is 0 Å². The van der Waals surface area contributed by atoms with Gasteiger partial charge in [-0.25, -0.2) is 0 Å². The van der Waals surface area contributed by atoms with E-state index in [0.717, 1.165) is 49.9 Å². The minimum Gasteiger partial charge on any atom is -0.0615 e. The summed E-state index contributed by atoms with van der Waals surface area (Å²) in [7, 11) is 0. The van der Waals surface area contributed by atoms with Gasteiger partial charge in [-0.05, 0) is 12.1 Å². The van der Waals surface area contributed by atoms with Crippen molar-refractivity contribution in [3.8, 4) is 22.6 Å². The van der Waals surface area contributed by atoms with Crippen LogP contribution in [-0.2, 0) is 0 Å². The molecule has 0 aliphatic rings. The van der Waals surface area contributed by atoms with Crippen LogP contribution in [0.4, 0.5) is 17.1 Å².